The fourth-order valence-corrected chi connectivity index (χ4v) is 9.35. The quantitative estimate of drug-likeness (QED) is 0.0391. The highest BCUT2D eigenvalue weighted by atomic mass is 16.3. The summed E-state index contributed by atoms with van der Waals surface area (Å²) in [6.45, 7) is 4.04. The van der Waals surface area contributed by atoms with Crippen molar-refractivity contribution in [1.29, 1.82) is 0 Å². The summed E-state index contributed by atoms with van der Waals surface area (Å²) in [5.74, 6) is -0.580. The van der Waals surface area contributed by atoms with Gasteiger partial charge in [-0.05, 0) is 12.8 Å². The van der Waals surface area contributed by atoms with Crippen molar-refractivity contribution in [1.82, 2.24) is 5.32 Å². The van der Waals surface area contributed by atoms with E-state index >= 15 is 0 Å². The molecule has 0 aromatic rings. The van der Waals surface area contributed by atoms with Crippen LogP contribution in [0.2, 0.25) is 0 Å². The lowest BCUT2D eigenvalue weighted by molar-refractivity contribution is -0.132. The molecule has 0 aliphatic heterocycles. The molecule has 0 fully saturated rings. The van der Waals surface area contributed by atoms with E-state index < -0.39 is 36.9 Å². The molecule has 0 saturated heterocycles. The minimum Gasteiger partial charge on any atom is -0.394 e. The Morgan fingerprint density at radius 3 is 0.774 bits per heavy atom. The van der Waals surface area contributed by atoms with E-state index in [1.165, 1.54) is 257 Å². The molecule has 0 rings (SSSR count). The van der Waals surface area contributed by atoms with Crippen LogP contribution in [0.25, 0.3) is 0 Å². The average molecular weight is 881 g/mol. The van der Waals surface area contributed by atoms with Crippen molar-refractivity contribution in [3.05, 3.63) is 0 Å². The Morgan fingerprint density at radius 1 is 0.339 bits per heavy atom. The van der Waals surface area contributed by atoms with Gasteiger partial charge in [0.1, 0.15) is 12.2 Å². The highest BCUT2D eigenvalue weighted by molar-refractivity contribution is 5.80. The number of amides is 1. The van der Waals surface area contributed by atoms with Crippen LogP contribution in [-0.4, -0.2) is 57.3 Å². The molecule has 0 aliphatic carbocycles. The van der Waals surface area contributed by atoms with Gasteiger partial charge in [0.2, 0.25) is 5.91 Å². The molecule has 6 heteroatoms. The average Bonchev–Trinajstić information content (AvgIpc) is 3.28. The third kappa shape index (κ3) is 44.5. The largest absolute Gasteiger partial charge is 0.394 e. The lowest BCUT2D eigenvalue weighted by Gasteiger charge is -2.27. The van der Waals surface area contributed by atoms with Crippen LogP contribution in [-0.2, 0) is 4.79 Å². The summed E-state index contributed by atoms with van der Waals surface area (Å²) >= 11 is 0. The van der Waals surface area contributed by atoms with Gasteiger partial charge in [0, 0.05) is 0 Å². The van der Waals surface area contributed by atoms with E-state index in [1.807, 2.05) is 0 Å². The van der Waals surface area contributed by atoms with Crippen molar-refractivity contribution in [3.8, 4) is 0 Å². The van der Waals surface area contributed by atoms with Crippen LogP contribution in [0, 0.1) is 0 Å². The standard InChI is InChI=1S/C56H113NO5/c1-3-5-7-9-11-13-14-15-16-17-18-19-20-21-22-23-24-25-26-27-28-29-30-31-32-33-34-35-36-37-38-39-40-41-42-44-46-48-50-54(60)56(62)57-52(51-58)55(61)53(59)49-47-45-43-12-10-8-6-4-2/h52-55,58-61H,3-51H2,1-2H3,(H,57,62). The summed E-state index contributed by atoms with van der Waals surface area (Å²) in [4.78, 5) is 12.5. The molecule has 0 spiro atoms. The number of unbranched alkanes of at least 4 members (excludes halogenated alkanes) is 44. The minimum absolute atomic E-state index is 0.376. The zero-order chi connectivity index (χ0) is 45.2. The third-order valence-electron chi connectivity index (χ3n) is 13.8. The van der Waals surface area contributed by atoms with E-state index in [2.05, 4.69) is 19.2 Å². The fraction of sp³-hybridized carbons (Fsp3) is 0.982. The van der Waals surface area contributed by atoms with Crippen molar-refractivity contribution in [2.24, 2.45) is 0 Å². The molecule has 6 nitrogen and oxygen atoms in total. The first-order valence-corrected chi connectivity index (χ1v) is 28.4. The van der Waals surface area contributed by atoms with Gasteiger partial charge >= 0.3 is 0 Å². The number of aliphatic hydroxyl groups excluding tert-OH is 4. The molecule has 1 amide bonds. The third-order valence-corrected chi connectivity index (χ3v) is 13.8. The van der Waals surface area contributed by atoms with Gasteiger partial charge in [0.05, 0.1) is 18.8 Å². The summed E-state index contributed by atoms with van der Waals surface area (Å²) in [5.41, 5.74) is 0. The monoisotopic (exact) mass is 880 g/mol. The molecule has 0 aromatic carbocycles. The zero-order valence-electron chi connectivity index (χ0n) is 42.2. The summed E-state index contributed by atoms with van der Waals surface area (Å²) in [5, 5.41) is 43.6. The minimum atomic E-state index is -1.25. The predicted octanol–water partition coefficient (Wildman–Crippen LogP) is 16.3. The van der Waals surface area contributed by atoms with Gasteiger partial charge in [-0.1, -0.05) is 309 Å². The summed E-state index contributed by atoms with van der Waals surface area (Å²) in [7, 11) is 0. The SMILES string of the molecule is CCCCCCCCCCCCCCCCCCCCCCCCCCCCCCCCCCCCCCCCC(O)C(=O)NC(CO)C(O)C(O)CCCCCCCCCC. The Kier molecular flexibility index (Phi) is 50.7. The maximum Gasteiger partial charge on any atom is 0.249 e. The molecule has 0 bridgehead atoms. The van der Waals surface area contributed by atoms with Crippen molar-refractivity contribution in [2.45, 2.75) is 346 Å². The normalized spacial score (nSPS) is 13.7. The Hall–Kier alpha value is -0.690. The van der Waals surface area contributed by atoms with Gasteiger partial charge in [-0.3, -0.25) is 4.79 Å². The van der Waals surface area contributed by atoms with E-state index in [0.717, 1.165) is 38.5 Å². The van der Waals surface area contributed by atoms with E-state index in [4.69, 9.17) is 0 Å². The van der Waals surface area contributed by atoms with Crippen molar-refractivity contribution < 1.29 is 25.2 Å². The maximum atomic E-state index is 12.5. The molecule has 0 aliphatic rings. The molecular formula is C56H113NO5. The van der Waals surface area contributed by atoms with Crippen molar-refractivity contribution in [3.63, 3.8) is 0 Å². The Labute approximate surface area is 388 Å². The highest BCUT2D eigenvalue weighted by Gasteiger charge is 2.28. The maximum absolute atomic E-state index is 12.5. The van der Waals surface area contributed by atoms with Crippen molar-refractivity contribution >= 4 is 5.91 Å². The van der Waals surface area contributed by atoms with Crippen LogP contribution in [0.4, 0.5) is 0 Å². The van der Waals surface area contributed by atoms with Gasteiger partial charge in [-0.15, -0.1) is 0 Å². The second-order valence-corrected chi connectivity index (χ2v) is 20.0. The second-order valence-electron chi connectivity index (χ2n) is 20.0. The summed E-state index contributed by atoms with van der Waals surface area (Å²) < 4.78 is 0. The summed E-state index contributed by atoms with van der Waals surface area (Å²) in [6.07, 6.45) is 59.5. The Morgan fingerprint density at radius 2 is 0.548 bits per heavy atom. The van der Waals surface area contributed by atoms with Crippen LogP contribution in [0.15, 0.2) is 0 Å². The first-order valence-electron chi connectivity index (χ1n) is 28.4. The fourth-order valence-electron chi connectivity index (χ4n) is 9.35. The number of carbonyl (C=O) groups excluding carboxylic acids is 1. The number of carbonyl (C=O) groups is 1. The number of nitrogens with one attached hydrogen (secondary N) is 1. The molecule has 0 radical (unpaired) electrons. The molecule has 4 unspecified atom stereocenters. The second kappa shape index (κ2) is 51.3. The molecule has 4 atom stereocenters. The van der Waals surface area contributed by atoms with Crippen LogP contribution < -0.4 is 5.32 Å². The first-order chi connectivity index (χ1) is 30.5. The predicted molar refractivity (Wildman–Crippen MR) is 270 cm³/mol. The topological polar surface area (TPSA) is 110 Å². The Bertz CT molecular complexity index is 856. The van der Waals surface area contributed by atoms with E-state index in [9.17, 15) is 25.2 Å². The van der Waals surface area contributed by atoms with Crippen LogP contribution in [0.5, 0.6) is 0 Å². The van der Waals surface area contributed by atoms with Gasteiger partial charge in [0.25, 0.3) is 0 Å². The van der Waals surface area contributed by atoms with Gasteiger partial charge < -0.3 is 25.7 Å². The number of hydrogen-bond acceptors (Lipinski definition) is 5. The molecule has 0 aromatic heterocycles. The smallest absolute Gasteiger partial charge is 0.249 e. The van der Waals surface area contributed by atoms with Crippen LogP contribution >= 0.6 is 0 Å². The lowest BCUT2D eigenvalue weighted by Crippen LogP contribution is -2.53. The highest BCUT2D eigenvalue weighted by Crippen LogP contribution is 2.19. The van der Waals surface area contributed by atoms with Crippen LogP contribution in [0.3, 0.4) is 0 Å². The molecule has 0 saturated carbocycles. The molecule has 0 heterocycles. The molecule has 372 valence electrons. The van der Waals surface area contributed by atoms with E-state index in [-0.39, 0.29) is 0 Å². The van der Waals surface area contributed by atoms with Crippen molar-refractivity contribution in [2.75, 3.05) is 6.61 Å². The molecule has 62 heavy (non-hydrogen) atoms. The number of hydrogen-bond donors (Lipinski definition) is 5. The summed E-state index contributed by atoms with van der Waals surface area (Å²) in [6, 6.07) is -0.978. The first kappa shape index (κ1) is 61.3. The molecule has 5 N–H and O–H groups in total. The zero-order valence-corrected chi connectivity index (χ0v) is 42.2. The number of aliphatic hydroxyl groups is 4. The lowest BCUT2D eigenvalue weighted by atomic mass is 9.99. The number of rotatable bonds is 53. The van der Waals surface area contributed by atoms with E-state index in [0.29, 0.717) is 12.8 Å². The Balaban J connectivity index is 3.40. The molecular weight excluding hydrogens is 767 g/mol. The van der Waals surface area contributed by atoms with Crippen LogP contribution in [0.1, 0.15) is 322 Å². The van der Waals surface area contributed by atoms with Gasteiger partial charge in [0.15, 0.2) is 0 Å². The van der Waals surface area contributed by atoms with Gasteiger partial charge in [-0.2, -0.15) is 0 Å². The van der Waals surface area contributed by atoms with Gasteiger partial charge in [-0.25, -0.2) is 0 Å². The van der Waals surface area contributed by atoms with E-state index in [1.54, 1.807) is 0 Å².